The summed E-state index contributed by atoms with van der Waals surface area (Å²) in [5, 5.41) is 3.67. The van der Waals surface area contributed by atoms with E-state index in [0.29, 0.717) is 11.5 Å². The number of nitrogens with one attached hydrogen (secondary N) is 1. The number of likely N-dealkylation sites (tertiary alicyclic amines) is 1. The maximum absolute atomic E-state index is 13.0. The van der Waals surface area contributed by atoms with E-state index in [0.717, 1.165) is 65.4 Å². The molecule has 0 spiro atoms. The van der Waals surface area contributed by atoms with Gasteiger partial charge in [-0.25, -0.2) is 0 Å². The normalized spacial score (nSPS) is 16.9. The molecule has 1 aliphatic carbocycles. The van der Waals surface area contributed by atoms with Gasteiger partial charge in [0, 0.05) is 34.6 Å². The monoisotopic (exact) mass is 415 g/mol. The van der Waals surface area contributed by atoms with Crippen LogP contribution in [-0.2, 0) is 4.79 Å². The summed E-state index contributed by atoms with van der Waals surface area (Å²) in [4.78, 5) is 31.9. The van der Waals surface area contributed by atoms with Crippen LogP contribution in [0.4, 0.5) is 0 Å². The molecule has 2 amide bonds. The maximum Gasteiger partial charge on any atom is 0.252 e. The highest BCUT2D eigenvalue weighted by atomic mass is 79.9. The molecule has 1 aliphatic heterocycles. The van der Waals surface area contributed by atoms with Crippen molar-refractivity contribution in [3.05, 3.63) is 39.5 Å². The lowest BCUT2D eigenvalue weighted by Gasteiger charge is -2.17. The summed E-state index contributed by atoms with van der Waals surface area (Å²) >= 11 is 3.49. The second kappa shape index (κ2) is 6.99. The summed E-state index contributed by atoms with van der Waals surface area (Å²) in [6.07, 6.45) is 4.36. The van der Waals surface area contributed by atoms with Gasteiger partial charge < -0.3 is 10.2 Å². The van der Waals surface area contributed by atoms with Crippen molar-refractivity contribution >= 4 is 38.6 Å². The third-order valence-electron chi connectivity index (χ3n) is 5.28. The minimum Gasteiger partial charge on any atom is -0.343 e. The standard InChI is InChI=1S/C20H22BrN3O2/c1-12-18(20(26)22-11-17(25)24-8-2-3-9-24)15-10-14(21)6-7-16(15)23-19(12)13-4-5-13/h6-7,10,13H,2-5,8-9,11H2,1H3,(H,22,26). The fourth-order valence-corrected chi connectivity index (χ4v) is 4.08. The summed E-state index contributed by atoms with van der Waals surface area (Å²) in [5.41, 5.74) is 3.43. The van der Waals surface area contributed by atoms with Gasteiger partial charge in [0.2, 0.25) is 5.91 Å². The Hall–Kier alpha value is -1.95. The van der Waals surface area contributed by atoms with E-state index in [1.807, 2.05) is 30.0 Å². The molecule has 6 heteroatoms. The van der Waals surface area contributed by atoms with Gasteiger partial charge in [0.05, 0.1) is 17.6 Å². The van der Waals surface area contributed by atoms with Crippen LogP contribution in [0.5, 0.6) is 0 Å². The molecule has 4 rings (SSSR count). The molecular formula is C20H22BrN3O2. The summed E-state index contributed by atoms with van der Waals surface area (Å²) in [6.45, 7) is 3.61. The Morgan fingerprint density at radius 2 is 2.00 bits per heavy atom. The number of hydrogen-bond acceptors (Lipinski definition) is 3. The van der Waals surface area contributed by atoms with Gasteiger partial charge in [0.1, 0.15) is 0 Å². The van der Waals surface area contributed by atoms with E-state index in [9.17, 15) is 9.59 Å². The lowest BCUT2D eigenvalue weighted by Crippen LogP contribution is -2.39. The van der Waals surface area contributed by atoms with Gasteiger partial charge in [-0.3, -0.25) is 14.6 Å². The summed E-state index contributed by atoms with van der Waals surface area (Å²) in [6, 6.07) is 5.82. The molecule has 0 atom stereocenters. The third kappa shape index (κ3) is 3.34. The largest absolute Gasteiger partial charge is 0.343 e. The zero-order valence-corrected chi connectivity index (χ0v) is 16.4. The van der Waals surface area contributed by atoms with Crippen molar-refractivity contribution in [2.24, 2.45) is 0 Å². The first-order valence-corrected chi connectivity index (χ1v) is 9.99. The fourth-order valence-electron chi connectivity index (χ4n) is 3.72. The zero-order valence-electron chi connectivity index (χ0n) is 14.8. The molecular weight excluding hydrogens is 394 g/mol. The third-order valence-corrected chi connectivity index (χ3v) is 5.77. The van der Waals surface area contributed by atoms with Gasteiger partial charge >= 0.3 is 0 Å². The van der Waals surface area contributed by atoms with E-state index in [-0.39, 0.29) is 18.4 Å². The molecule has 1 N–H and O–H groups in total. The van der Waals surface area contributed by atoms with Gasteiger partial charge in [0.25, 0.3) is 5.91 Å². The second-order valence-electron chi connectivity index (χ2n) is 7.20. The van der Waals surface area contributed by atoms with Gasteiger partial charge in [-0.2, -0.15) is 0 Å². The van der Waals surface area contributed by atoms with Crippen LogP contribution < -0.4 is 5.32 Å². The van der Waals surface area contributed by atoms with E-state index in [1.165, 1.54) is 0 Å². The average Bonchev–Trinajstić information content (AvgIpc) is 3.31. The maximum atomic E-state index is 13.0. The Labute approximate surface area is 161 Å². The molecule has 2 heterocycles. The van der Waals surface area contributed by atoms with Crippen LogP contribution in [0.15, 0.2) is 22.7 Å². The molecule has 2 aliphatic rings. The van der Waals surface area contributed by atoms with Gasteiger partial charge in [-0.05, 0) is 56.4 Å². The van der Waals surface area contributed by atoms with Crippen molar-refractivity contribution in [3.63, 3.8) is 0 Å². The Bertz CT molecular complexity index is 886. The number of halogens is 1. The van der Waals surface area contributed by atoms with Crippen molar-refractivity contribution in [3.8, 4) is 0 Å². The summed E-state index contributed by atoms with van der Waals surface area (Å²) in [5.74, 6) is 0.263. The number of nitrogens with zero attached hydrogens (tertiary/aromatic N) is 2. The first-order chi connectivity index (χ1) is 12.5. The van der Waals surface area contributed by atoms with Crippen LogP contribution in [0.25, 0.3) is 10.9 Å². The van der Waals surface area contributed by atoms with Crippen molar-refractivity contribution in [1.82, 2.24) is 15.2 Å². The minimum absolute atomic E-state index is 0.00420. The molecule has 0 bridgehead atoms. The Kier molecular flexibility index (Phi) is 4.69. The quantitative estimate of drug-likeness (QED) is 0.830. The topological polar surface area (TPSA) is 62.3 Å². The zero-order chi connectivity index (χ0) is 18.3. The van der Waals surface area contributed by atoms with E-state index >= 15 is 0 Å². The second-order valence-corrected chi connectivity index (χ2v) is 8.12. The van der Waals surface area contributed by atoms with Crippen LogP contribution in [0.2, 0.25) is 0 Å². The molecule has 0 unspecified atom stereocenters. The highest BCUT2D eigenvalue weighted by Gasteiger charge is 2.30. The average molecular weight is 416 g/mol. The molecule has 2 aromatic rings. The van der Waals surface area contributed by atoms with Gasteiger partial charge in [0.15, 0.2) is 0 Å². The number of benzene rings is 1. The van der Waals surface area contributed by atoms with Crippen molar-refractivity contribution in [2.75, 3.05) is 19.6 Å². The highest BCUT2D eigenvalue weighted by molar-refractivity contribution is 9.10. The molecule has 1 aromatic carbocycles. The number of fused-ring (bicyclic) bond motifs is 1. The minimum atomic E-state index is -0.192. The summed E-state index contributed by atoms with van der Waals surface area (Å²) in [7, 11) is 0. The van der Waals surface area contributed by atoms with Gasteiger partial charge in [-0.15, -0.1) is 0 Å². The van der Waals surface area contributed by atoms with E-state index < -0.39 is 0 Å². The van der Waals surface area contributed by atoms with Crippen LogP contribution in [-0.4, -0.2) is 41.3 Å². The van der Waals surface area contributed by atoms with Crippen molar-refractivity contribution in [1.29, 1.82) is 0 Å². The Morgan fingerprint density at radius 3 is 2.69 bits per heavy atom. The smallest absolute Gasteiger partial charge is 0.252 e. The van der Waals surface area contributed by atoms with Crippen LogP contribution in [0, 0.1) is 6.92 Å². The Balaban J connectivity index is 1.65. The number of rotatable bonds is 4. The number of carbonyl (C=O) groups excluding carboxylic acids is 2. The van der Waals surface area contributed by atoms with Crippen LogP contribution in [0.3, 0.4) is 0 Å². The molecule has 1 saturated heterocycles. The molecule has 2 fully saturated rings. The van der Waals surface area contributed by atoms with Crippen LogP contribution >= 0.6 is 15.9 Å². The van der Waals surface area contributed by atoms with E-state index in [1.54, 1.807) is 0 Å². The van der Waals surface area contributed by atoms with Crippen LogP contribution in [0.1, 0.15) is 53.2 Å². The predicted octanol–water partition coefficient (Wildman–Crippen LogP) is 3.54. The van der Waals surface area contributed by atoms with E-state index in [4.69, 9.17) is 4.98 Å². The number of hydrogen-bond donors (Lipinski definition) is 1. The van der Waals surface area contributed by atoms with E-state index in [2.05, 4.69) is 21.2 Å². The van der Waals surface area contributed by atoms with Gasteiger partial charge in [-0.1, -0.05) is 15.9 Å². The van der Waals surface area contributed by atoms with Crippen molar-refractivity contribution in [2.45, 2.75) is 38.5 Å². The lowest BCUT2D eigenvalue weighted by atomic mass is 9.98. The molecule has 136 valence electrons. The molecule has 0 radical (unpaired) electrons. The highest BCUT2D eigenvalue weighted by Crippen LogP contribution is 2.42. The number of amides is 2. The predicted molar refractivity (Wildman–Crippen MR) is 104 cm³/mol. The number of carbonyl (C=O) groups is 2. The SMILES string of the molecule is Cc1c(C2CC2)nc2ccc(Br)cc2c1C(=O)NCC(=O)N1CCCC1. The molecule has 1 aromatic heterocycles. The first kappa shape index (κ1) is 17.5. The first-order valence-electron chi connectivity index (χ1n) is 9.20. The summed E-state index contributed by atoms with van der Waals surface area (Å²) < 4.78 is 0.910. The number of pyridine rings is 1. The fraction of sp³-hybridized carbons (Fsp3) is 0.450. The molecule has 5 nitrogen and oxygen atoms in total. The molecule has 1 saturated carbocycles. The lowest BCUT2D eigenvalue weighted by molar-refractivity contribution is -0.129. The number of aromatic nitrogens is 1. The Morgan fingerprint density at radius 1 is 1.27 bits per heavy atom. The molecule has 26 heavy (non-hydrogen) atoms. The van der Waals surface area contributed by atoms with Crippen molar-refractivity contribution < 1.29 is 9.59 Å².